The lowest BCUT2D eigenvalue weighted by Gasteiger charge is -2.14. The zero-order valence-corrected chi connectivity index (χ0v) is 23.5. The average molecular weight is 618 g/mol. The van der Waals surface area contributed by atoms with Gasteiger partial charge in [0.2, 0.25) is 0 Å². The maximum Gasteiger partial charge on any atom is 0.339 e. The Labute approximate surface area is 233 Å². The molecule has 0 fully saturated rings. The van der Waals surface area contributed by atoms with E-state index in [1.807, 2.05) is 42.5 Å². The molecule has 37 heavy (non-hydrogen) atoms. The van der Waals surface area contributed by atoms with E-state index in [0.717, 1.165) is 10.0 Å². The van der Waals surface area contributed by atoms with Crippen molar-refractivity contribution in [2.24, 2.45) is 5.10 Å². The van der Waals surface area contributed by atoms with Gasteiger partial charge in [-0.2, -0.15) is 5.10 Å². The number of aromatic nitrogens is 1. The number of halogens is 2. The Balaban J connectivity index is 1.62. The van der Waals surface area contributed by atoms with Crippen LogP contribution in [0, 0.1) is 6.92 Å². The fourth-order valence-electron chi connectivity index (χ4n) is 3.31. The predicted molar refractivity (Wildman–Crippen MR) is 153 cm³/mol. The molecule has 4 aromatic rings. The van der Waals surface area contributed by atoms with Crippen molar-refractivity contribution in [2.75, 3.05) is 11.1 Å². The van der Waals surface area contributed by atoms with Crippen LogP contribution in [0.15, 0.2) is 111 Å². The first-order valence-electron chi connectivity index (χ1n) is 11.0. The molecule has 2 N–H and O–H groups in total. The van der Waals surface area contributed by atoms with E-state index in [0.29, 0.717) is 26.9 Å². The molecule has 0 aliphatic rings. The Morgan fingerprint density at radius 2 is 1.70 bits per heavy atom. The highest BCUT2D eigenvalue weighted by molar-refractivity contribution is 9.10. The van der Waals surface area contributed by atoms with Crippen molar-refractivity contribution in [3.63, 3.8) is 0 Å². The van der Waals surface area contributed by atoms with E-state index < -0.39 is 16.1 Å². The van der Waals surface area contributed by atoms with Gasteiger partial charge in [-0.05, 0) is 66.6 Å². The van der Waals surface area contributed by atoms with Crippen molar-refractivity contribution in [3.8, 4) is 0 Å². The number of thioether (sulfide) groups is 1. The van der Waals surface area contributed by atoms with E-state index in [9.17, 15) is 13.2 Å². The topological polar surface area (TPSA) is 92.6 Å². The summed E-state index contributed by atoms with van der Waals surface area (Å²) in [6.45, 7) is 1.76. The van der Waals surface area contributed by atoms with Crippen LogP contribution in [0.2, 0.25) is 5.02 Å². The average Bonchev–Trinajstić information content (AvgIpc) is 3.43. The summed E-state index contributed by atoms with van der Waals surface area (Å²) in [6, 6.07) is 22.5. The third-order valence-electron chi connectivity index (χ3n) is 5.22. The van der Waals surface area contributed by atoms with Gasteiger partial charge in [0.05, 0.1) is 5.71 Å². The normalized spacial score (nSPS) is 11.8. The lowest BCUT2D eigenvalue weighted by atomic mass is 10.1. The van der Waals surface area contributed by atoms with Gasteiger partial charge in [0, 0.05) is 38.2 Å². The third-order valence-corrected chi connectivity index (χ3v) is 9.05. The summed E-state index contributed by atoms with van der Waals surface area (Å²) in [7, 11) is -3.83. The number of carbonyl (C=O) groups is 1. The Kier molecular flexibility index (Phi) is 8.75. The van der Waals surface area contributed by atoms with Gasteiger partial charge in [-0.25, -0.2) is 22.6 Å². The number of rotatable bonds is 8. The van der Waals surface area contributed by atoms with Crippen LogP contribution in [0.25, 0.3) is 0 Å². The number of nitrogens with zero attached hydrogens (tertiary/aromatic N) is 2. The number of nitrogens with one attached hydrogen (secondary N) is 2. The van der Waals surface area contributed by atoms with Crippen molar-refractivity contribution in [3.05, 3.63) is 112 Å². The number of hydrogen-bond acceptors (Lipinski definition) is 5. The maximum absolute atomic E-state index is 13.3. The molecule has 3 aromatic carbocycles. The number of para-hydroxylation sites is 1. The number of carbonyl (C=O) groups excluding carboxylic acids is 1. The molecule has 0 spiro atoms. The summed E-state index contributed by atoms with van der Waals surface area (Å²) in [5.41, 5.74) is 5.12. The van der Waals surface area contributed by atoms with Crippen LogP contribution in [0.1, 0.15) is 11.1 Å². The summed E-state index contributed by atoms with van der Waals surface area (Å²) in [4.78, 5) is 13.0. The van der Waals surface area contributed by atoms with E-state index in [1.165, 1.54) is 28.1 Å². The molecule has 4 rings (SSSR count). The van der Waals surface area contributed by atoms with Crippen LogP contribution in [0.5, 0.6) is 0 Å². The highest BCUT2D eigenvalue weighted by Gasteiger charge is 2.22. The summed E-state index contributed by atoms with van der Waals surface area (Å²) in [5.74, 6) is 0.265. The van der Waals surface area contributed by atoms with Gasteiger partial charge < -0.3 is 5.32 Å². The molecule has 7 nitrogen and oxygen atoms in total. The van der Waals surface area contributed by atoms with Crippen LogP contribution >= 0.6 is 39.3 Å². The molecular weight excluding hydrogens is 596 g/mol. The molecule has 1 heterocycles. The number of amides is 2. The summed E-state index contributed by atoms with van der Waals surface area (Å²) in [5, 5.41) is 7.52. The molecule has 1 aromatic heterocycles. The molecule has 0 aliphatic carbocycles. The van der Waals surface area contributed by atoms with Gasteiger partial charge in [-0.3, -0.25) is 0 Å². The first kappa shape index (κ1) is 27.0. The second-order valence-corrected chi connectivity index (χ2v) is 12.0. The van der Waals surface area contributed by atoms with Gasteiger partial charge in [0.1, 0.15) is 4.90 Å². The van der Waals surface area contributed by atoms with Gasteiger partial charge >= 0.3 is 6.03 Å². The Morgan fingerprint density at radius 3 is 2.38 bits per heavy atom. The highest BCUT2D eigenvalue weighted by Crippen LogP contribution is 2.33. The van der Waals surface area contributed by atoms with Crippen molar-refractivity contribution in [1.82, 2.24) is 9.40 Å². The number of hydrogen-bond donors (Lipinski definition) is 2. The number of anilines is 1. The van der Waals surface area contributed by atoms with E-state index in [-0.39, 0.29) is 10.6 Å². The molecular formula is C26H22BrClN4O3S2. The standard InChI is InChI=1S/C26H22BrClN4O3S2/c1-18-15-25(37(34,35)32-13-5-6-14-32)24(16-22(18)28)36-17-23(19-9-11-20(27)12-10-19)30-31-26(33)29-21-7-3-2-4-8-21/h2-16H,17H2,1H3,(H2,29,31,33)/b30-23+. The first-order valence-corrected chi connectivity index (χ1v) is 14.6. The number of aryl methyl sites for hydroxylation is 1. The number of urea groups is 1. The summed E-state index contributed by atoms with van der Waals surface area (Å²) >= 11 is 11.1. The van der Waals surface area contributed by atoms with Gasteiger partial charge in [-0.15, -0.1) is 11.8 Å². The first-order chi connectivity index (χ1) is 17.7. The van der Waals surface area contributed by atoms with Crippen molar-refractivity contribution in [2.45, 2.75) is 16.7 Å². The monoisotopic (exact) mass is 616 g/mol. The molecule has 0 saturated carbocycles. The molecule has 0 aliphatic heterocycles. The molecule has 0 saturated heterocycles. The number of hydrazone groups is 1. The second kappa shape index (κ2) is 12.0. The minimum absolute atomic E-state index is 0.139. The quantitative estimate of drug-likeness (QED) is 0.130. The molecule has 190 valence electrons. The largest absolute Gasteiger partial charge is 0.339 e. The van der Waals surface area contributed by atoms with E-state index in [4.69, 9.17) is 11.6 Å². The Bertz CT molecular complexity index is 1530. The smallest absolute Gasteiger partial charge is 0.307 e. The predicted octanol–water partition coefficient (Wildman–Crippen LogP) is 6.77. The Hall–Kier alpha value is -3.05. The van der Waals surface area contributed by atoms with Crippen LogP contribution in [-0.4, -0.2) is 29.9 Å². The summed E-state index contributed by atoms with van der Waals surface area (Å²) in [6.07, 6.45) is 2.97. The van der Waals surface area contributed by atoms with Gasteiger partial charge in [0.15, 0.2) is 0 Å². The fourth-order valence-corrected chi connectivity index (χ4v) is 6.55. The maximum atomic E-state index is 13.3. The van der Waals surface area contributed by atoms with Crippen LogP contribution in [-0.2, 0) is 10.0 Å². The molecule has 11 heteroatoms. The zero-order valence-electron chi connectivity index (χ0n) is 19.6. The molecule has 0 radical (unpaired) electrons. The minimum atomic E-state index is -3.83. The lowest BCUT2D eigenvalue weighted by Crippen LogP contribution is -2.26. The fraction of sp³-hybridized carbons (Fsp3) is 0.0769. The molecule has 0 atom stereocenters. The Morgan fingerprint density at radius 1 is 1.03 bits per heavy atom. The zero-order chi connectivity index (χ0) is 26.4. The van der Waals surface area contributed by atoms with Crippen LogP contribution in [0.4, 0.5) is 10.5 Å². The van der Waals surface area contributed by atoms with Crippen molar-refractivity contribution < 1.29 is 13.2 Å². The van der Waals surface area contributed by atoms with Gasteiger partial charge in [-0.1, -0.05) is 57.9 Å². The lowest BCUT2D eigenvalue weighted by molar-refractivity contribution is 0.252. The van der Waals surface area contributed by atoms with Crippen LogP contribution in [0.3, 0.4) is 0 Å². The third kappa shape index (κ3) is 6.84. The minimum Gasteiger partial charge on any atom is -0.307 e. The second-order valence-electron chi connectivity index (χ2n) is 7.85. The summed E-state index contributed by atoms with van der Waals surface area (Å²) < 4.78 is 28.7. The van der Waals surface area contributed by atoms with Gasteiger partial charge in [0.25, 0.3) is 10.0 Å². The van der Waals surface area contributed by atoms with Crippen LogP contribution < -0.4 is 10.7 Å². The highest BCUT2D eigenvalue weighted by atomic mass is 79.9. The van der Waals surface area contributed by atoms with Crippen molar-refractivity contribution in [1.29, 1.82) is 0 Å². The molecule has 2 amide bonds. The van der Waals surface area contributed by atoms with E-state index >= 15 is 0 Å². The SMILES string of the molecule is Cc1cc(S(=O)(=O)n2cccc2)c(SC/C(=N\NC(=O)Nc2ccccc2)c2ccc(Br)cc2)cc1Cl. The van der Waals surface area contributed by atoms with E-state index in [2.05, 4.69) is 31.8 Å². The molecule has 0 unspecified atom stereocenters. The van der Waals surface area contributed by atoms with E-state index in [1.54, 1.807) is 43.3 Å². The molecule has 0 bridgehead atoms. The number of benzene rings is 3. The van der Waals surface area contributed by atoms with Crippen molar-refractivity contribution >= 4 is 66.7 Å².